The fourth-order valence-electron chi connectivity index (χ4n) is 1.67. The highest BCUT2D eigenvalue weighted by Crippen LogP contribution is 2.27. The van der Waals surface area contributed by atoms with Crippen LogP contribution in [0.25, 0.3) is 0 Å². The number of nitrogens with zero attached hydrogens (tertiary/aromatic N) is 2. The molecule has 16 heavy (non-hydrogen) atoms. The van der Waals surface area contributed by atoms with Crippen LogP contribution < -0.4 is 5.73 Å². The van der Waals surface area contributed by atoms with E-state index in [1.807, 2.05) is 0 Å². The first-order valence-electron chi connectivity index (χ1n) is 4.68. The average molecular weight is 229 g/mol. The van der Waals surface area contributed by atoms with Gasteiger partial charge in [-0.25, -0.2) is 13.2 Å². The van der Waals surface area contributed by atoms with Gasteiger partial charge in [0.2, 0.25) is 0 Å². The summed E-state index contributed by atoms with van der Waals surface area (Å²) in [4.78, 5) is 5.43. The summed E-state index contributed by atoms with van der Waals surface area (Å²) in [6.45, 7) is 0.240. The van der Waals surface area contributed by atoms with Crippen LogP contribution in [0.2, 0.25) is 0 Å². The number of nitrogens with two attached hydrogens (primary N) is 1. The predicted molar refractivity (Wildman–Crippen MR) is 53.3 cm³/mol. The molecule has 1 aromatic carbocycles. The Morgan fingerprint density at radius 1 is 1.25 bits per heavy atom. The van der Waals surface area contributed by atoms with Crippen molar-refractivity contribution in [3.63, 3.8) is 0 Å². The second kappa shape index (κ2) is 3.70. The molecule has 0 aliphatic carbocycles. The maximum atomic E-state index is 13.5. The van der Waals surface area contributed by atoms with E-state index < -0.39 is 23.5 Å². The van der Waals surface area contributed by atoms with Crippen LogP contribution in [0.15, 0.2) is 17.1 Å². The van der Waals surface area contributed by atoms with Crippen molar-refractivity contribution in [2.24, 2.45) is 10.7 Å². The summed E-state index contributed by atoms with van der Waals surface area (Å²) in [7, 11) is 1.62. The molecular formula is C10H10F3N3. The molecule has 0 amide bonds. The third-order valence-corrected chi connectivity index (χ3v) is 2.65. The van der Waals surface area contributed by atoms with Crippen LogP contribution in [0.5, 0.6) is 0 Å². The van der Waals surface area contributed by atoms with Crippen LogP contribution in [0.1, 0.15) is 11.6 Å². The summed E-state index contributed by atoms with van der Waals surface area (Å²) in [5, 5.41) is 0. The van der Waals surface area contributed by atoms with Gasteiger partial charge in [-0.3, -0.25) is 4.99 Å². The van der Waals surface area contributed by atoms with Gasteiger partial charge in [-0.2, -0.15) is 0 Å². The Bertz CT molecular complexity index is 459. The van der Waals surface area contributed by atoms with Gasteiger partial charge in [0.1, 0.15) is 5.82 Å². The normalized spacial score (nSPS) is 20.1. The molecule has 0 spiro atoms. The SMILES string of the molecule is CN1C(N)=NCC1c1cc(F)c(F)cc1F. The lowest BCUT2D eigenvalue weighted by molar-refractivity contribution is 0.392. The van der Waals surface area contributed by atoms with Gasteiger partial charge in [0.25, 0.3) is 0 Å². The minimum absolute atomic E-state index is 0.0607. The number of aliphatic imine (C=N–C) groups is 1. The van der Waals surface area contributed by atoms with Gasteiger partial charge in [-0.1, -0.05) is 0 Å². The fourth-order valence-corrected chi connectivity index (χ4v) is 1.67. The molecule has 6 heteroatoms. The summed E-state index contributed by atoms with van der Waals surface area (Å²) >= 11 is 0. The van der Waals surface area contributed by atoms with Crippen molar-refractivity contribution >= 4 is 5.96 Å². The molecule has 86 valence electrons. The maximum Gasteiger partial charge on any atom is 0.191 e. The number of likely N-dealkylation sites (N-methyl/N-ethyl adjacent to an activating group) is 1. The Morgan fingerprint density at radius 3 is 2.44 bits per heavy atom. The lowest BCUT2D eigenvalue weighted by atomic mass is 10.1. The molecule has 1 aliphatic heterocycles. The molecular weight excluding hydrogens is 219 g/mol. The second-order valence-electron chi connectivity index (χ2n) is 3.61. The minimum Gasteiger partial charge on any atom is -0.370 e. The molecule has 1 aliphatic rings. The Balaban J connectivity index is 2.39. The predicted octanol–water partition coefficient (Wildman–Crippen LogP) is 1.41. The lowest BCUT2D eigenvalue weighted by Gasteiger charge is -2.22. The number of halogens is 3. The van der Waals surface area contributed by atoms with E-state index in [4.69, 9.17) is 5.73 Å². The molecule has 0 saturated carbocycles. The number of benzene rings is 1. The van der Waals surface area contributed by atoms with Crippen LogP contribution in [-0.2, 0) is 0 Å². The summed E-state index contributed by atoms with van der Waals surface area (Å²) in [6, 6.07) is 0.905. The summed E-state index contributed by atoms with van der Waals surface area (Å²) in [5.74, 6) is -2.80. The number of hydrogen-bond donors (Lipinski definition) is 1. The van der Waals surface area contributed by atoms with Gasteiger partial charge in [0.15, 0.2) is 17.6 Å². The summed E-state index contributed by atoms with van der Waals surface area (Å²) in [5.41, 5.74) is 5.57. The molecule has 0 radical (unpaired) electrons. The van der Waals surface area contributed by atoms with E-state index in [-0.39, 0.29) is 18.1 Å². The molecule has 0 aromatic heterocycles. The Kier molecular flexibility index (Phi) is 2.49. The first-order valence-corrected chi connectivity index (χ1v) is 4.68. The van der Waals surface area contributed by atoms with Gasteiger partial charge in [0, 0.05) is 18.7 Å². The number of rotatable bonds is 1. The molecule has 0 fully saturated rings. The van der Waals surface area contributed by atoms with E-state index in [0.717, 1.165) is 6.07 Å². The molecule has 0 saturated heterocycles. The van der Waals surface area contributed by atoms with Crippen LogP contribution in [0, 0.1) is 17.5 Å². The van der Waals surface area contributed by atoms with E-state index >= 15 is 0 Å². The molecule has 3 nitrogen and oxygen atoms in total. The van der Waals surface area contributed by atoms with Gasteiger partial charge in [-0.05, 0) is 6.07 Å². The molecule has 1 aromatic rings. The first kappa shape index (κ1) is 10.8. The molecule has 2 rings (SSSR count). The Hall–Kier alpha value is -1.72. The maximum absolute atomic E-state index is 13.5. The van der Waals surface area contributed by atoms with E-state index in [2.05, 4.69) is 4.99 Å². The van der Waals surface area contributed by atoms with Crippen molar-refractivity contribution in [2.75, 3.05) is 13.6 Å². The quantitative estimate of drug-likeness (QED) is 0.740. The van der Waals surface area contributed by atoms with Crippen LogP contribution in [0.4, 0.5) is 13.2 Å². The zero-order valence-corrected chi connectivity index (χ0v) is 8.54. The van der Waals surface area contributed by atoms with Crippen LogP contribution in [0.3, 0.4) is 0 Å². The second-order valence-corrected chi connectivity index (χ2v) is 3.61. The third kappa shape index (κ3) is 1.60. The van der Waals surface area contributed by atoms with Crippen molar-refractivity contribution < 1.29 is 13.2 Å². The van der Waals surface area contributed by atoms with E-state index in [9.17, 15) is 13.2 Å². The molecule has 1 atom stereocenters. The minimum atomic E-state index is -1.20. The van der Waals surface area contributed by atoms with Crippen molar-refractivity contribution in [1.82, 2.24) is 4.90 Å². The average Bonchev–Trinajstić information content (AvgIpc) is 2.54. The van der Waals surface area contributed by atoms with E-state index in [0.29, 0.717) is 6.07 Å². The first-order chi connectivity index (χ1) is 7.50. The standard InChI is InChI=1S/C10H10F3N3/c1-16-9(4-15-10(16)14)5-2-7(12)8(13)3-6(5)11/h2-3,9H,4H2,1H3,(H2,14,15). The summed E-state index contributed by atoms with van der Waals surface area (Å²) in [6.07, 6.45) is 0. The van der Waals surface area contributed by atoms with Crippen molar-refractivity contribution in [1.29, 1.82) is 0 Å². The lowest BCUT2D eigenvalue weighted by Crippen LogP contribution is -2.32. The van der Waals surface area contributed by atoms with E-state index in [1.165, 1.54) is 4.90 Å². The van der Waals surface area contributed by atoms with Gasteiger partial charge < -0.3 is 10.6 Å². The largest absolute Gasteiger partial charge is 0.370 e. The van der Waals surface area contributed by atoms with E-state index in [1.54, 1.807) is 7.05 Å². The van der Waals surface area contributed by atoms with Crippen molar-refractivity contribution in [3.05, 3.63) is 35.1 Å². The van der Waals surface area contributed by atoms with Crippen molar-refractivity contribution in [2.45, 2.75) is 6.04 Å². The Morgan fingerprint density at radius 2 is 1.88 bits per heavy atom. The molecule has 2 N–H and O–H groups in total. The Labute approximate surface area is 90.4 Å². The zero-order chi connectivity index (χ0) is 11.9. The topological polar surface area (TPSA) is 41.6 Å². The van der Waals surface area contributed by atoms with Gasteiger partial charge >= 0.3 is 0 Å². The van der Waals surface area contributed by atoms with Gasteiger partial charge in [0.05, 0.1) is 12.6 Å². The number of guanidine groups is 1. The van der Waals surface area contributed by atoms with Crippen molar-refractivity contribution in [3.8, 4) is 0 Å². The highest BCUT2D eigenvalue weighted by atomic mass is 19.2. The highest BCUT2D eigenvalue weighted by molar-refractivity contribution is 5.80. The molecule has 1 heterocycles. The third-order valence-electron chi connectivity index (χ3n) is 2.65. The van der Waals surface area contributed by atoms with Crippen LogP contribution >= 0.6 is 0 Å². The number of hydrogen-bond acceptors (Lipinski definition) is 3. The van der Waals surface area contributed by atoms with Crippen LogP contribution in [-0.4, -0.2) is 24.5 Å². The summed E-state index contributed by atoms with van der Waals surface area (Å²) < 4.78 is 39.2. The highest BCUT2D eigenvalue weighted by Gasteiger charge is 2.27. The molecule has 0 bridgehead atoms. The fraction of sp³-hybridized carbons (Fsp3) is 0.300. The molecule has 1 unspecified atom stereocenters. The monoisotopic (exact) mass is 229 g/mol. The van der Waals surface area contributed by atoms with Gasteiger partial charge in [-0.15, -0.1) is 0 Å². The smallest absolute Gasteiger partial charge is 0.191 e. The zero-order valence-electron chi connectivity index (χ0n) is 8.54.